The highest BCUT2D eigenvalue weighted by Gasteiger charge is 2.32. The molecule has 4 N–H and O–H groups in total. The number of hydrogen-bond donors (Lipinski definition) is 4. The second kappa shape index (κ2) is 14.5. The molecule has 8 nitrogen and oxygen atoms in total. The SMILES string of the molecule is CC[C@H](C)[C@@H]1NC(=O)[C@H](Cc2ccccc2)NC(=O)CCc2cccc(c2)CNC(=O)[C@H](CC(C)C)NC1=O. The average Bonchev–Trinajstić information content (AvgIpc) is 2.92. The summed E-state index contributed by atoms with van der Waals surface area (Å²) in [6.07, 6.45) is 2.11. The standard InChI is InChI=1S/C31H42N4O4/c1-5-21(4)28-31(39)34-25(16-20(2)3)29(37)32-19-24-13-9-12-23(17-24)14-15-27(36)33-26(30(38)35-28)18-22-10-7-6-8-11-22/h6-13,17,20-21,25-26,28H,5,14-16,18-19H2,1-4H3,(H,32,37)(H,33,36)(H,34,39)(H,35,38)/t21-,25-,26-,28-/m0/s1. The molecule has 0 aromatic heterocycles. The van der Waals surface area contributed by atoms with Gasteiger partial charge in [-0.1, -0.05) is 88.7 Å². The molecule has 1 aliphatic rings. The Morgan fingerprint density at radius 1 is 0.769 bits per heavy atom. The number of carbonyl (C=O) groups excluding carboxylic acids is 4. The van der Waals surface area contributed by atoms with Crippen LogP contribution in [0, 0.1) is 11.8 Å². The molecule has 4 amide bonds. The molecule has 0 radical (unpaired) electrons. The van der Waals surface area contributed by atoms with Gasteiger partial charge in [0.25, 0.3) is 0 Å². The van der Waals surface area contributed by atoms with E-state index in [1.165, 1.54) is 0 Å². The first kappa shape index (κ1) is 29.9. The van der Waals surface area contributed by atoms with Crippen molar-refractivity contribution in [2.24, 2.45) is 11.8 Å². The largest absolute Gasteiger partial charge is 0.350 e. The predicted molar refractivity (Wildman–Crippen MR) is 151 cm³/mol. The highest BCUT2D eigenvalue weighted by molar-refractivity contribution is 5.94. The monoisotopic (exact) mass is 534 g/mol. The maximum atomic E-state index is 13.6. The van der Waals surface area contributed by atoms with Gasteiger partial charge in [0.2, 0.25) is 23.6 Å². The quantitative estimate of drug-likeness (QED) is 0.456. The van der Waals surface area contributed by atoms with E-state index in [2.05, 4.69) is 21.3 Å². The van der Waals surface area contributed by atoms with E-state index in [-0.39, 0.29) is 30.1 Å². The van der Waals surface area contributed by atoms with Crippen molar-refractivity contribution < 1.29 is 19.2 Å². The van der Waals surface area contributed by atoms with Gasteiger partial charge in [-0.3, -0.25) is 19.2 Å². The van der Waals surface area contributed by atoms with Crippen LogP contribution in [0.5, 0.6) is 0 Å². The maximum Gasteiger partial charge on any atom is 0.243 e. The molecule has 8 heteroatoms. The zero-order valence-corrected chi connectivity index (χ0v) is 23.5. The molecule has 0 unspecified atom stereocenters. The van der Waals surface area contributed by atoms with Crippen LogP contribution in [0.3, 0.4) is 0 Å². The van der Waals surface area contributed by atoms with E-state index in [1.807, 2.05) is 82.3 Å². The Bertz CT molecular complexity index is 1130. The Morgan fingerprint density at radius 3 is 2.18 bits per heavy atom. The van der Waals surface area contributed by atoms with Gasteiger partial charge in [-0.25, -0.2) is 0 Å². The molecule has 39 heavy (non-hydrogen) atoms. The zero-order valence-electron chi connectivity index (χ0n) is 23.5. The fraction of sp³-hybridized carbons (Fsp3) is 0.484. The first-order valence-corrected chi connectivity index (χ1v) is 14.0. The first-order chi connectivity index (χ1) is 18.7. The Hall–Kier alpha value is -3.68. The molecule has 0 saturated heterocycles. The summed E-state index contributed by atoms with van der Waals surface area (Å²) in [6.45, 7) is 8.14. The minimum atomic E-state index is -0.856. The fourth-order valence-electron chi connectivity index (χ4n) is 4.71. The molecular formula is C31H42N4O4. The van der Waals surface area contributed by atoms with E-state index in [0.717, 1.165) is 16.7 Å². The summed E-state index contributed by atoms with van der Waals surface area (Å²) >= 11 is 0. The van der Waals surface area contributed by atoms with Crippen molar-refractivity contribution in [2.75, 3.05) is 0 Å². The van der Waals surface area contributed by atoms with Crippen LogP contribution in [-0.2, 0) is 38.6 Å². The number of amides is 4. The highest BCUT2D eigenvalue weighted by atomic mass is 16.2. The van der Waals surface area contributed by atoms with Crippen molar-refractivity contribution >= 4 is 23.6 Å². The smallest absolute Gasteiger partial charge is 0.243 e. The van der Waals surface area contributed by atoms with Crippen LogP contribution in [0.2, 0.25) is 0 Å². The summed E-state index contributed by atoms with van der Waals surface area (Å²) in [5, 5.41) is 11.7. The summed E-state index contributed by atoms with van der Waals surface area (Å²) in [5.74, 6) is -1.36. The van der Waals surface area contributed by atoms with Gasteiger partial charge >= 0.3 is 0 Å². The molecule has 0 fully saturated rings. The Kier molecular flexibility index (Phi) is 11.1. The van der Waals surface area contributed by atoms with Crippen LogP contribution in [0.15, 0.2) is 54.6 Å². The Balaban J connectivity index is 1.94. The molecular weight excluding hydrogens is 492 g/mol. The normalized spacial score (nSPS) is 22.2. The van der Waals surface area contributed by atoms with Crippen LogP contribution < -0.4 is 21.3 Å². The topological polar surface area (TPSA) is 116 Å². The molecule has 1 heterocycles. The number of rotatable bonds is 6. The predicted octanol–water partition coefficient (Wildman–Crippen LogP) is 3.04. The first-order valence-electron chi connectivity index (χ1n) is 14.0. The van der Waals surface area contributed by atoms with Crippen LogP contribution in [-0.4, -0.2) is 41.8 Å². The lowest BCUT2D eigenvalue weighted by Crippen LogP contribution is -2.59. The summed E-state index contributed by atoms with van der Waals surface area (Å²) < 4.78 is 0. The summed E-state index contributed by atoms with van der Waals surface area (Å²) in [4.78, 5) is 53.2. The highest BCUT2D eigenvalue weighted by Crippen LogP contribution is 2.14. The van der Waals surface area contributed by atoms with E-state index >= 15 is 0 Å². The van der Waals surface area contributed by atoms with Gasteiger partial charge in [0, 0.05) is 19.4 Å². The lowest BCUT2D eigenvalue weighted by Gasteiger charge is -2.29. The molecule has 0 saturated carbocycles. The van der Waals surface area contributed by atoms with Crippen LogP contribution in [0.4, 0.5) is 0 Å². The second-order valence-corrected chi connectivity index (χ2v) is 10.9. The van der Waals surface area contributed by atoms with Crippen molar-refractivity contribution in [2.45, 2.75) is 84.5 Å². The third-order valence-electron chi connectivity index (χ3n) is 7.17. The average molecular weight is 535 g/mol. The second-order valence-electron chi connectivity index (χ2n) is 10.9. The summed E-state index contributed by atoms with van der Waals surface area (Å²) in [5.41, 5.74) is 2.78. The van der Waals surface area contributed by atoms with E-state index < -0.39 is 29.9 Å². The van der Waals surface area contributed by atoms with Crippen molar-refractivity contribution in [1.82, 2.24) is 21.3 Å². The Morgan fingerprint density at radius 2 is 1.49 bits per heavy atom. The van der Waals surface area contributed by atoms with Crippen LogP contribution in [0.25, 0.3) is 0 Å². The number of hydrogen-bond acceptors (Lipinski definition) is 4. The lowest BCUT2D eigenvalue weighted by atomic mass is 9.96. The molecule has 210 valence electrons. The Labute approximate surface area is 231 Å². The lowest BCUT2D eigenvalue weighted by molar-refractivity contribution is -0.134. The van der Waals surface area contributed by atoms with Crippen molar-refractivity contribution in [3.8, 4) is 0 Å². The zero-order chi connectivity index (χ0) is 28.4. The van der Waals surface area contributed by atoms with Crippen molar-refractivity contribution in [1.29, 1.82) is 0 Å². The molecule has 1 aliphatic heterocycles. The van der Waals surface area contributed by atoms with Crippen molar-refractivity contribution in [3.05, 3.63) is 71.3 Å². The maximum absolute atomic E-state index is 13.6. The minimum absolute atomic E-state index is 0.167. The number of benzene rings is 2. The number of fused-ring (bicyclic) bond motifs is 2. The third-order valence-corrected chi connectivity index (χ3v) is 7.17. The minimum Gasteiger partial charge on any atom is -0.350 e. The number of carbonyl (C=O) groups is 4. The van der Waals surface area contributed by atoms with E-state index in [4.69, 9.17) is 0 Å². The molecule has 2 aromatic carbocycles. The van der Waals surface area contributed by atoms with Gasteiger partial charge in [-0.15, -0.1) is 0 Å². The van der Waals surface area contributed by atoms with Gasteiger partial charge in [0.05, 0.1) is 0 Å². The van der Waals surface area contributed by atoms with Gasteiger partial charge in [-0.05, 0) is 41.4 Å². The summed E-state index contributed by atoms with van der Waals surface area (Å²) in [7, 11) is 0. The van der Waals surface area contributed by atoms with Gasteiger partial charge in [0.15, 0.2) is 0 Å². The van der Waals surface area contributed by atoms with Gasteiger partial charge in [-0.2, -0.15) is 0 Å². The fourth-order valence-corrected chi connectivity index (χ4v) is 4.71. The third kappa shape index (κ3) is 9.23. The van der Waals surface area contributed by atoms with Crippen LogP contribution in [0.1, 0.15) is 63.6 Å². The number of nitrogens with one attached hydrogen (secondary N) is 4. The van der Waals surface area contributed by atoms with Gasteiger partial charge < -0.3 is 21.3 Å². The number of aryl methyl sites for hydroxylation is 1. The van der Waals surface area contributed by atoms with Crippen LogP contribution >= 0.6 is 0 Å². The van der Waals surface area contributed by atoms with E-state index in [1.54, 1.807) is 0 Å². The molecule has 3 rings (SSSR count). The van der Waals surface area contributed by atoms with E-state index in [0.29, 0.717) is 32.2 Å². The summed E-state index contributed by atoms with van der Waals surface area (Å²) in [6, 6.07) is 14.8. The van der Waals surface area contributed by atoms with Crippen molar-refractivity contribution in [3.63, 3.8) is 0 Å². The van der Waals surface area contributed by atoms with E-state index in [9.17, 15) is 19.2 Å². The molecule has 2 bridgehead atoms. The molecule has 0 aliphatic carbocycles. The molecule has 2 aromatic rings. The van der Waals surface area contributed by atoms with Gasteiger partial charge in [0.1, 0.15) is 18.1 Å². The molecule has 4 atom stereocenters. The molecule has 0 spiro atoms.